The van der Waals surface area contributed by atoms with E-state index < -0.39 is 0 Å². The van der Waals surface area contributed by atoms with Crippen LogP contribution >= 0.6 is 0 Å². The molecule has 2 heteroatoms. The van der Waals surface area contributed by atoms with Crippen molar-refractivity contribution in [1.29, 1.82) is 0 Å². The van der Waals surface area contributed by atoms with Crippen LogP contribution in [0.4, 0.5) is 0 Å². The third-order valence-electron chi connectivity index (χ3n) is 5.89. The average molecular weight is 286 g/mol. The first-order valence-electron chi connectivity index (χ1n) is 8.15. The number of rotatable bonds is 1. The van der Waals surface area contributed by atoms with Gasteiger partial charge in [-0.25, -0.2) is 0 Å². The van der Waals surface area contributed by atoms with Crippen molar-refractivity contribution in [2.24, 2.45) is 11.3 Å². The van der Waals surface area contributed by atoms with E-state index in [2.05, 4.69) is 32.9 Å². The van der Waals surface area contributed by atoms with Gasteiger partial charge in [-0.3, -0.25) is 4.79 Å². The molecule has 0 bridgehead atoms. The Balaban J connectivity index is 2.00. The highest BCUT2D eigenvalue weighted by Gasteiger charge is 2.49. The molecule has 0 spiro atoms. The van der Waals surface area contributed by atoms with Crippen molar-refractivity contribution in [3.63, 3.8) is 0 Å². The molecule has 21 heavy (non-hydrogen) atoms. The number of aryl methyl sites for hydroxylation is 1. The van der Waals surface area contributed by atoms with Crippen molar-refractivity contribution in [3.05, 3.63) is 29.3 Å². The van der Waals surface area contributed by atoms with E-state index in [0.29, 0.717) is 11.2 Å². The lowest BCUT2D eigenvalue weighted by Gasteiger charge is -2.54. The van der Waals surface area contributed by atoms with E-state index >= 15 is 0 Å². The molecule has 0 saturated heterocycles. The van der Waals surface area contributed by atoms with Gasteiger partial charge in [-0.05, 0) is 65.7 Å². The van der Waals surface area contributed by atoms with Crippen molar-refractivity contribution in [3.8, 4) is 5.75 Å². The van der Waals surface area contributed by atoms with Crippen LogP contribution in [0.25, 0.3) is 0 Å². The fourth-order valence-corrected chi connectivity index (χ4v) is 5.02. The molecule has 0 amide bonds. The van der Waals surface area contributed by atoms with Crippen molar-refractivity contribution < 1.29 is 9.53 Å². The summed E-state index contributed by atoms with van der Waals surface area (Å²) in [4.78, 5) is 11.1. The Morgan fingerprint density at radius 1 is 1.24 bits per heavy atom. The number of benzene rings is 1. The molecule has 1 fully saturated rings. The summed E-state index contributed by atoms with van der Waals surface area (Å²) in [5.74, 6) is 1.21. The maximum atomic E-state index is 11.1. The van der Waals surface area contributed by atoms with E-state index in [0.717, 1.165) is 12.3 Å². The first kappa shape index (κ1) is 14.6. The van der Waals surface area contributed by atoms with E-state index in [1.165, 1.54) is 43.7 Å². The van der Waals surface area contributed by atoms with Crippen molar-refractivity contribution in [1.82, 2.24) is 0 Å². The van der Waals surface area contributed by atoms with Gasteiger partial charge >= 0.3 is 5.97 Å². The Hall–Kier alpha value is -1.31. The third kappa shape index (κ3) is 2.39. The molecule has 2 nitrogen and oxygen atoms in total. The highest BCUT2D eigenvalue weighted by Crippen LogP contribution is 2.57. The second-order valence-corrected chi connectivity index (χ2v) is 7.76. The predicted octanol–water partition coefficient (Wildman–Crippen LogP) is 4.64. The number of fused-ring (bicyclic) bond motifs is 3. The minimum Gasteiger partial charge on any atom is -0.427 e. The predicted molar refractivity (Wildman–Crippen MR) is 84.5 cm³/mol. The molecule has 0 unspecified atom stereocenters. The first-order valence-corrected chi connectivity index (χ1v) is 8.15. The molecule has 2 aliphatic carbocycles. The van der Waals surface area contributed by atoms with Crippen LogP contribution in [0.2, 0.25) is 0 Å². The Morgan fingerprint density at radius 2 is 2.00 bits per heavy atom. The van der Waals surface area contributed by atoms with Crippen LogP contribution in [0.3, 0.4) is 0 Å². The Labute approximate surface area is 127 Å². The fraction of sp³-hybridized carbons (Fsp3) is 0.632. The summed E-state index contributed by atoms with van der Waals surface area (Å²) >= 11 is 0. The van der Waals surface area contributed by atoms with E-state index in [9.17, 15) is 4.79 Å². The number of carbonyl (C=O) groups is 1. The molecule has 0 aliphatic heterocycles. The van der Waals surface area contributed by atoms with E-state index in [-0.39, 0.29) is 11.4 Å². The lowest BCUT2D eigenvalue weighted by atomic mass is 9.50. The zero-order chi connectivity index (χ0) is 15.3. The molecule has 0 radical (unpaired) electrons. The minimum absolute atomic E-state index is 0.242. The number of carbonyl (C=O) groups excluding carboxylic acids is 1. The summed E-state index contributed by atoms with van der Waals surface area (Å²) < 4.78 is 5.25. The van der Waals surface area contributed by atoms with Gasteiger partial charge < -0.3 is 4.74 Å². The molecular formula is C19H26O2. The molecule has 0 aromatic heterocycles. The molecule has 1 saturated carbocycles. The molecule has 1 aromatic carbocycles. The highest BCUT2D eigenvalue weighted by molar-refractivity contribution is 5.69. The van der Waals surface area contributed by atoms with Crippen molar-refractivity contribution >= 4 is 5.97 Å². The fourth-order valence-electron chi connectivity index (χ4n) is 5.02. The summed E-state index contributed by atoms with van der Waals surface area (Å²) in [6.45, 7) is 8.78. The zero-order valence-corrected chi connectivity index (χ0v) is 13.7. The van der Waals surface area contributed by atoms with Gasteiger partial charge in [0.1, 0.15) is 5.75 Å². The van der Waals surface area contributed by atoms with Gasteiger partial charge in [-0.2, -0.15) is 0 Å². The molecular weight excluding hydrogens is 260 g/mol. The summed E-state index contributed by atoms with van der Waals surface area (Å²) in [7, 11) is 0. The molecule has 114 valence electrons. The largest absolute Gasteiger partial charge is 0.427 e. The summed E-state index contributed by atoms with van der Waals surface area (Å²) in [6.07, 6.45) is 6.29. The molecule has 2 aliphatic rings. The quantitative estimate of drug-likeness (QED) is 0.555. The lowest BCUT2D eigenvalue weighted by Crippen LogP contribution is -2.47. The van der Waals surface area contributed by atoms with Gasteiger partial charge in [0.2, 0.25) is 0 Å². The van der Waals surface area contributed by atoms with Gasteiger partial charge in [0.25, 0.3) is 0 Å². The topological polar surface area (TPSA) is 26.3 Å². The van der Waals surface area contributed by atoms with Crippen LogP contribution < -0.4 is 4.74 Å². The van der Waals surface area contributed by atoms with Crippen LogP contribution in [0.5, 0.6) is 5.75 Å². The highest BCUT2D eigenvalue weighted by atomic mass is 16.5. The second kappa shape index (κ2) is 4.86. The van der Waals surface area contributed by atoms with Crippen molar-refractivity contribution in [2.45, 2.75) is 65.2 Å². The normalized spacial score (nSPS) is 30.2. The Bertz CT molecular complexity index is 573. The second-order valence-electron chi connectivity index (χ2n) is 7.76. The van der Waals surface area contributed by atoms with Crippen LogP contribution in [0.1, 0.15) is 64.5 Å². The van der Waals surface area contributed by atoms with Gasteiger partial charge in [0, 0.05) is 6.92 Å². The summed E-state index contributed by atoms with van der Waals surface area (Å²) in [5, 5.41) is 0. The Kier molecular flexibility index (Phi) is 3.38. The number of esters is 1. The number of ether oxygens (including phenoxy) is 1. The maximum Gasteiger partial charge on any atom is 0.308 e. The zero-order valence-electron chi connectivity index (χ0n) is 13.7. The molecule has 2 atom stereocenters. The summed E-state index contributed by atoms with van der Waals surface area (Å²) in [5.41, 5.74) is 3.58. The monoisotopic (exact) mass is 286 g/mol. The smallest absolute Gasteiger partial charge is 0.308 e. The maximum absolute atomic E-state index is 11.1. The van der Waals surface area contributed by atoms with Crippen LogP contribution in [-0.4, -0.2) is 5.97 Å². The van der Waals surface area contributed by atoms with Crippen LogP contribution in [0, 0.1) is 11.3 Å². The molecule has 0 heterocycles. The number of hydrogen-bond donors (Lipinski definition) is 0. The average Bonchev–Trinajstić information content (AvgIpc) is 2.36. The minimum atomic E-state index is -0.242. The lowest BCUT2D eigenvalue weighted by molar-refractivity contribution is -0.131. The van der Waals surface area contributed by atoms with E-state index in [4.69, 9.17) is 4.74 Å². The van der Waals surface area contributed by atoms with E-state index in [1.54, 1.807) is 0 Å². The first-order chi connectivity index (χ1) is 9.83. The molecule has 3 rings (SSSR count). The van der Waals surface area contributed by atoms with Crippen molar-refractivity contribution in [2.75, 3.05) is 0 Å². The number of hydrogen-bond acceptors (Lipinski definition) is 2. The third-order valence-corrected chi connectivity index (χ3v) is 5.89. The van der Waals surface area contributed by atoms with Gasteiger partial charge in [-0.15, -0.1) is 0 Å². The standard InChI is InChI=1S/C19H26O2/c1-13(20)21-15-7-8-16-14(12-15)6-9-17-18(2,3)10-5-11-19(16,17)4/h7-8,12,17H,5-6,9-11H2,1-4H3/t17-,19+/m0/s1. The van der Waals surface area contributed by atoms with Crippen LogP contribution in [-0.2, 0) is 16.6 Å². The summed E-state index contributed by atoms with van der Waals surface area (Å²) in [6, 6.07) is 6.26. The van der Waals surface area contributed by atoms with Gasteiger partial charge in [-0.1, -0.05) is 33.3 Å². The molecule has 0 N–H and O–H groups in total. The van der Waals surface area contributed by atoms with Gasteiger partial charge in [0.05, 0.1) is 0 Å². The Morgan fingerprint density at radius 3 is 2.71 bits per heavy atom. The van der Waals surface area contributed by atoms with Crippen LogP contribution in [0.15, 0.2) is 18.2 Å². The van der Waals surface area contributed by atoms with E-state index in [1.807, 2.05) is 6.07 Å². The SMILES string of the molecule is CC(=O)Oc1ccc2c(c1)CC[C@H]1C(C)(C)CCC[C@]21C. The molecule has 1 aromatic rings. The van der Waals surface area contributed by atoms with Gasteiger partial charge in [0.15, 0.2) is 0 Å².